The average molecular weight is 181 g/mol. The van der Waals surface area contributed by atoms with Gasteiger partial charge in [-0.3, -0.25) is 4.79 Å². The summed E-state index contributed by atoms with van der Waals surface area (Å²) < 4.78 is 0. The van der Waals surface area contributed by atoms with Gasteiger partial charge < -0.3 is 4.90 Å². The van der Waals surface area contributed by atoms with Crippen LogP contribution in [-0.4, -0.2) is 36.7 Å². The minimum absolute atomic E-state index is 0.0891. The molecule has 4 heteroatoms. The standard InChI is InChI=1S/C9H15N3O/c1-7-5-9(6-12(7)2)3-4-10-11-8(9)13/h4,7H,3,5-6H2,1-2H3,(H,11,13). The van der Waals surface area contributed by atoms with E-state index >= 15 is 0 Å². The van der Waals surface area contributed by atoms with Crippen molar-refractivity contribution in [3.63, 3.8) is 0 Å². The maximum Gasteiger partial charge on any atom is 0.247 e. The number of rotatable bonds is 0. The fraction of sp³-hybridized carbons (Fsp3) is 0.778. The predicted octanol–water partition coefficient (Wildman–Crippen LogP) is 0.202. The maximum atomic E-state index is 11.7. The van der Waals surface area contributed by atoms with Crippen LogP contribution < -0.4 is 5.43 Å². The molecule has 2 unspecified atom stereocenters. The van der Waals surface area contributed by atoms with E-state index in [9.17, 15) is 4.79 Å². The molecule has 0 saturated carbocycles. The second-order valence-corrected chi connectivity index (χ2v) is 4.21. The molecule has 0 bridgehead atoms. The van der Waals surface area contributed by atoms with Crippen molar-refractivity contribution in [2.45, 2.75) is 25.8 Å². The lowest BCUT2D eigenvalue weighted by atomic mass is 9.81. The van der Waals surface area contributed by atoms with E-state index in [1.807, 2.05) is 6.21 Å². The van der Waals surface area contributed by atoms with Gasteiger partial charge in [0.1, 0.15) is 0 Å². The third-order valence-corrected chi connectivity index (χ3v) is 3.21. The maximum absolute atomic E-state index is 11.7. The third-order valence-electron chi connectivity index (χ3n) is 3.21. The summed E-state index contributed by atoms with van der Waals surface area (Å²) in [6.07, 6.45) is 3.54. The van der Waals surface area contributed by atoms with Gasteiger partial charge in [-0.2, -0.15) is 5.10 Å². The third kappa shape index (κ3) is 1.25. The molecule has 0 aromatic carbocycles. The Morgan fingerprint density at radius 3 is 3.08 bits per heavy atom. The Morgan fingerprint density at radius 1 is 1.77 bits per heavy atom. The van der Waals surface area contributed by atoms with Crippen molar-refractivity contribution in [1.29, 1.82) is 0 Å². The SMILES string of the molecule is CC1CC2(CC=NNC2=O)CN1C. The summed E-state index contributed by atoms with van der Waals surface area (Å²) in [6, 6.07) is 0.497. The first kappa shape index (κ1) is 8.69. The molecule has 0 aromatic rings. The first-order valence-corrected chi connectivity index (χ1v) is 4.66. The molecule has 2 aliphatic heterocycles. The Morgan fingerprint density at radius 2 is 2.54 bits per heavy atom. The van der Waals surface area contributed by atoms with E-state index in [2.05, 4.69) is 29.4 Å². The number of likely N-dealkylation sites (tertiary alicyclic amines) is 1. The van der Waals surface area contributed by atoms with E-state index in [1.165, 1.54) is 0 Å². The Kier molecular flexibility index (Phi) is 1.87. The number of amides is 1. The van der Waals surface area contributed by atoms with E-state index in [1.54, 1.807) is 0 Å². The second kappa shape index (κ2) is 2.80. The van der Waals surface area contributed by atoms with E-state index < -0.39 is 0 Å². The zero-order chi connectivity index (χ0) is 9.47. The fourth-order valence-corrected chi connectivity index (χ4v) is 2.27. The van der Waals surface area contributed by atoms with Gasteiger partial charge in [-0.15, -0.1) is 0 Å². The average Bonchev–Trinajstić information content (AvgIpc) is 2.36. The Labute approximate surface area is 78.0 Å². The highest BCUT2D eigenvalue weighted by Crippen LogP contribution is 2.37. The summed E-state index contributed by atoms with van der Waals surface area (Å²) in [6.45, 7) is 3.01. The van der Waals surface area contributed by atoms with Crippen LogP contribution >= 0.6 is 0 Å². The molecule has 2 atom stereocenters. The van der Waals surface area contributed by atoms with Crippen molar-refractivity contribution < 1.29 is 4.79 Å². The van der Waals surface area contributed by atoms with Crippen molar-refractivity contribution in [3.05, 3.63) is 0 Å². The lowest BCUT2D eigenvalue weighted by molar-refractivity contribution is -0.130. The Balaban J connectivity index is 2.22. The summed E-state index contributed by atoms with van der Waals surface area (Å²) in [7, 11) is 2.07. The van der Waals surface area contributed by atoms with Gasteiger partial charge in [0.15, 0.2) is 0 Å². The Bertz CT molecular complexity index is 252. The normalized spacial score (nSPS) is 39.8. The van der Waals surface area contributed by atoms with Gasteiger partial charge in [0, 0.05) is 25.2 Å². The quantitative estimate of drug-likeness (QED) is 0.580. The second-order valence-electron chi connectivity index (χ2n) is 4.21. The molecule has 1 spiro atoms. The molecule has 1 fully saturated rings. The lowest BCUT2D eigenvalue weighted by Gasteiger charge is -2.27. The topological polar surface area (TPSA) is 44.7 Å². The van der Waals surface area contributed by atoms with Crippen LogP contribution in [0.5, 0.6) is 0 Å². The van der Waals surface area contributed by atoms with Crippen LogP contribution in [0, 0.1) is 5.41 Å². The number of nitrogens with one attached hydrogen (secondary N) is 1. The first-order chi connectivity index (χ1) is 6.14. The van der Waals surface area contributed by atoms with Crippen molar-refractivity contribution in [2.75, 3.05) is 13.6 Å². The van der Waals surface area contributed by atoms with E-state index in [-0.39, 0.29) is 11.3 Å². The highest BCUT2D eigenvalue weighted by molar-refractivity contribution is 5.88. The van der Waals surface area contributed by atoms with Gasteiger partial charge in [0.2, 0.25) is 5.91 Å². The minimum Gasteiger partial charge on any atom is -0.303 e. The van der Waals surface area contributed by atoms with Crippen LogP contribution in [0.2, 0.25) is 0 Å². The highest BCUT2D eigenvalue weighted by Gasteiger charge is 2.47. The summed E-state index contributed by atoms with van der Waals surface area (Å²) in [5.41, 5.74) is 2.36. The van der Waals surface area contributed by atoms with Crippen molar-refractivity contribution >= 4 is 12.1 Å². The molecule has 0 aliphatic carbocycles. The molecule has 72 valence electrons. The smallest absolute Gasteiger partial charge is 0.247 e. The van der Waals surface area contributed by atoms with E-state index in [0.29, 0.717) is 6.04 Å². The first-order valence-electron chi connectivity index (χ1n) is 4.66. The molecular weight excluding hydrogens is 166 g/mol. The van der Waals surface area contributed by atoms with Gasteiger partial charge >= 0.3 is 0 Å². The van der Waals surface area contributed by atoms with Crippen molar-refractivity contribution in [3.8, 4) is 0 Å². The number of nitrogens with zero attached hydrogens (tertiary/aromatic N) is 2. The fourth-order valence-electron chi connectivity index (χ4n) is 2.27. The summed E-state index contributed by atoms with van der Waals surface area (Å²) in [4.78, 5) is 13.9. The molecular formula is C9H15N3O. The zero-order valence-electron chi connectivity index (χ0n) is 8.08. The van der Waals surface area contributed by atoms with Crippen LogP contribution in [0.15, 0.2) is 5.10 Å². The van der Waals surface area contributed by atoms with Gasteiger partial charge in [-0.25, -0.2) is 5.43 Å². The molecule has 0 radical (unpaired) electrons. The number of hydrogen-bond donors (Lipinski definition) is 1. The van der Waals surface area contributed by atoms with Crippen LogP contribution in [0.25, 0.3) is 0 Å². The molecule has 2 heterocycles. The summed E-state index contributed by atoms with van der Waals surface area (Å²) in [5.74, 6) is 0.0891. The molecule has 2 rings (SSSR count). The summed E-state index contributed by atoms with van der Waals surface area (Å²) >= 11 is 0. The number of hydrogen-bond acceptors (Lipinski definition) is 3. The number of carbonyl (C=O) groups is 1. The van der Waals surface area contributed by atoms with Gasteiger partial charge in [-0.1, -0.05) is 0 Å². The summed E-state index contributed by atoms with van der Waals surface area (Å²) in [5, 5.41) is 3.78. The van der Waals surface area contributed by atoms with Crippen LogP contribution in [0.3, 0.4) is 0 Å². The molecule has 0 aromatic heterocycles. The monoisotopic (exact) mass is 181 g/mol. The van der Waals surface area contributed by atoms with Gasteiger partial charge in [0.25, 0.3) is 0 Å². The number of hydrazone groups is 1. The van der Waals surface area contributed by atoms with E-state index in [0.717, 1.165) is 19.4 Å². The van der Waals surface area contributed by atoms with Crippen LogP contribution in [0.4, 0.5) is 0 Å². The highest BCUT2D eigenvalue weighted by atomic mass is 16.2. The molecule has 1 amide bonds. The molecule has 1 saturated heterocycles. The van der Waals surface area contributed by atoms with Crippen molar-refractivity contribution in [2.24, 2.45) is 10.5 Å². The number of carbonyl (C=O) groups excluding carboxylic acids is 1. The van der Waals surface area contributed by atoms with Crippen LogP contribution in [-0.2, 0) is 4.79 Å². The van der Waals surface area contributed by atoms with Gasteiger partial charge in [0.05, 0.1) is 5.41 Å². The minimum atomic E-state index is -0.198. The van der Waals surface area contributed by atoms with E-state index in [4.69, 9.17) is 0 Å². The molecule has 13 heavy (non-hydrogen) atoms. The Hall–Kier alpha value is -0.900. The van der Waals surface area contributed by atoms with Crippen LogP contribution in [0.1, 0.15) is 19.8 Å². The lowest BCUT2D eigenvalue weighted by Crippen LogP contribution is -2.43. The molecule has 1 N–H and O–H groups in total. The van der Waals surface area contributed by atoms with Gasteiger partial charge in [-0.05, 0) is 20.4 Å². The molecule has 4 nitrogen and oxygen atoms in total. The largest absolute Gasteiger partial charge is 0.303 e. The zero-order valence-corrected chi connectivity index (χ0v) is 8.08. The molecule has 2 aliphatic rings. The van der Waals surface area contributed by atoms with Crippen molar-refractivity contribution in [1.82, 2.24) is 10.3 Å². The predicted molar refractivity (Wildman–Crippen MR) is 50.4 cm³/mol.